The van der Waals surface area contributed by atoms with E-state index < -0.39 is 0 Å². The largest absolute Gasteiger partial charge is 0.494 e. The van der Waals surface area contributed by atoms with E-state index in [0.29, 0.717) is 24.9 Å². The van der Waals surface area contributed by atoms with Crippen LogP contribution < -0.4 is 4.74 Å². The molecule has 2 heterocycles. The van der Waals surface area contributed by atoms with Crippen LogP contribution in [0.1, 0.15) is 26.7 Å². The molecule has 1 aliphatic rings. The first-order valence-electron chi connectivity index (χ1n) is 8.07. The number of benzene rings is 1. The molecule has 0 amide bonds. The summed E-state index contributed by atoms with van der Waals surface area (Å²) in [6, 6.07) is 7.72. The Morgan fingerprint density at radius 2 is 1.87 bits per heavy atom. The van der Waals surface area contributed by atoms with E-state index in [-0.39, 0.29) is 12.2 Å². The molecule has 1 aliphatic heterocycles. The topological polar surface area (TPSA) is 60.6 Å². The van der Waals surface area contributed by atoms with E-state index in [2.05, 4.69) is 28.9 Å². The van der Waals surface area contributed by atoms with Gasteiger partial charge in [-0.3, -0.25) is 4.90 Å². The Morgan fingerprint density at radius 3 is 2.52 bits per heavy atom. The average molecular weight is 317 g/mol. The van der Waals surface area contributed by atoms with Crippen molar-refractivity contribution in [3.8, 4) is 17.1 Å². The van der Waals surface area contributed by atoms with Crippen LogP contribution in [0.5, 0.6) is 5.75 Å². The highest BCUT2D eigenvalue weighted by Crippen LogP contribution is 2.21. The number of rotatable bonds is 5. The summed E-state index contributed by atoms with van der Waals surface area (Å²) >= 11 is 0. The predicted molar refractivity (Wildman–Crippen MR) is 86.2 cm³/mol. The zero-order valence-corrected chi connectivity index (χ0v) is 13.9. The Labute approximate surface area is 136 Å². The summed E-state index contributed by atoms with van der Waals surface area (Å²) in [5.74, 6) is 2.09. The molecule has 3 rings (SSSR count). The monoisotopic (exact) mass is 317 g/mol. The molecular weight excluding hydrogens is 294 g/mol. The first kappa shape index (κ1) is 16.0. The smallest absolute Gasteiger partial charge is 0.241 e. The molecule has 0 unspecified atom stereocenters. The lowest BCUT2D eigenvalue weighted by Gasteiger charge is -2.34. The first-order chi connectivity index (χ1) is 11.1. The van der Waals surface area contributed by atoms with Gasteiger partial charge in [-0.05, 0) is 45.0 Å². The van der Waals surface area contributed by atoms with E-state index in [4.69, 9.17) is 14.0 Å². The number of aromatic nitrogens is 2. The minimum atomic E-state index is 0.229. The van der Waals surface area contributed by atoms with Gasteiger partial charge in [0.1, 0.15) is 5.75 Å². The number of morpholine rings is 1. The quantitative estimate of drug-likeness (QED) is 0.845. The highest BCUT2D eigenvalue weighted by atomic mass is 16.5. The lowest BCUT2D eigenvalue weighted by molar-refractivity contribution is -0.0725. The van der Waals surface area contributed by atoms with Crippen molar-refractivity contribution >= 4 is 0 Å². The molecular formula is C17H23N3O3. The molecule has 1 saturated heterocycles. The second-order valence-electron chi connectivity index (χ2n) is 5.92. The van der Waals surface area contributed by atoms with Crippen molar-refractivity contribution in [3.63, 3.8) is 0 Å². The fraction of sp³-hybridized carbons (Fsp3) is 0.529. The first-order valence-corrected chi connectivity index (χ1v) is 8.07. The summed E-state index contributed by atoms with van der Waals surface area (Å²) in [5, 5.41) is 4.08. The summed E-state index contributed by atoms with van der Waals surface area (Å²) in [6.45, 7) is 9.21. The summed E-state index contributed by atoms with van der Waals surface area (Å²) in [6.07, 6.45) is 0.458. The van der Waals surface area contributed by atoms with Gasteiger partial charge in [0.2, 0.25) is 11.7 Å². The van der Waals surface area contributed by atoms with Crippen LogP contribution in [0.2, 0.25) is 0 Å². The zero-order valence-electron chi connectivity index (χ0n) is 13.9. The van der Waals surface area contributed by atoms with E-state index >= 15 is 0 Å². The van der Waals surface area contributed by atoms with E-state index in [0.717, 1.165) is 24.4 Å². The maximum absolute atomic E-state index is 5.74. The molecule has 0 radical (unpaired) electrons. The predicted octanol–water partition coefficient (Wildman–Crippen LogP) is 2.74. The van der Waals surface area contributed by atoms with Crippen molar-refractivity contribution in [1.29, 1.82) is 0 Å². The summed E-state index contributed by atoms with van der Waals surface area (Å²) < 4.78 is 16.6. The van der Waals surface area contributed by atoms with Gasteiger partial charge >= 0.3 is 0 Å². The Bertz CT molecular complexity index is 616. The molecule has 1 aromatic heterocycles. The van der Waals surface area contributed by atoms with E-state index in [1.54, 1.807) is 0 Å². The number of hydrogen-bond donors (Lipinski definition) is 0. The fourth-order valence-corrected chi connectivity index (χ4v) is 2.91. The van der Waals surface area contributed by atoms with Crippen LogP contribution in [0.4, 0.5) is 0 Å². The van der Waals surface area contributed by atoms with Gasteiger partial charge in [0, 0.05) is 18.7 Å². The maximum atomic E-state index is 5.74. The number of nitrogens with zero attached hydrogens (tertiary/aromatic N) is 3. The van der Waals surface area contributed by atoms with Crippen molar-refractivity contribution in [2.24, 2.45) is 0 Å². The summed E-state index contributed by atoms with van der Waals surface area (Å²) in [4.78, 5) is 6.79. The highest BCUT2D eigenvalue weighted by molar-refractivity contribution is 5.55. The molecule has 0 bridgehead atoms. The Balaban J connectivity index is 1.65. The van der Waals surface area contributed by atoms with Crippen molar-refractivity contribution in [2.75, 3.05) is 19.7 Å². The highest BCUT2D eigenvalue weighted by Gasteiger charge is 2.23. The molecule has 0 aliphatic carbocycles. The van der Waals surface area contributed by atoms with Crippen molar-refractivity contribution in [1.82, 2.24) is 15.0 Å². The van der Waals surface area contributed by atoms with Gasteiger partial charge in [-0.2, -0.15) is 4.98 Å². The normalized spacial score (nSPS) is 22.2. The molecule has 6 nitrogen and oxygen atoms in total. The third kappa shape index (κ3) is 4.09. The van der Waals surface area contributed by atoms with Crippen LogP contribution in [0.3, 0.4) is 0 Å². The minimum Gasteiger partial charge on any atom is -0.494 e. The Kier molecular flexibility index (Phi) is 4.93. The summed E-state index contributed by atoms with van der Waals surface area (Å²) in [5.41, 5.74) is 0.923. The molecule has 2 atom stereocenters. The SMILES string of the molecule is CCOc1ccc(-c2noc(CN3C[C@H](C)O[C@@H](C)C3)n2)cc1. The van der Waals surface area contributed by atoms with Gasteiger partial charge in [0.15, 0.2) is 0 Å². The molecule has 1 aromatic carbocycles. The van der Waals surface area contributed by atoms with Gasteiger partial charge in [-0.15, -0.1) is 0 Å². The lowest BCUT2D eigenvalue weighted by Crippen LogP contribution is -2.44. The van der Waals surface area contributed by atoms with Gasteiger partial charge in [0.25, 0.3) is 0 Å². The third-order valence-corrected chi connectivity index (χ3v) is 3.75. The zero-order chi connectivity index (χ0) is 16.2. The van der Waals surface area contributed by atoms with Crippen LogP contribution in [0.15, 0.2) is 28.8 Å². The van der Waals surface area contributed by atoms with E-state index in [9.17, 15) is 0 Å². The Morgan fingerprint density at radius 1 is 1.17 bits per heavy atom. The third-order valence-electron chi connectivity index (χ3n) is 3.75. The molecule has 6 heteroatoms. The van der Waals surface area contributed by atoms with Gasteiger partial charge < -0.3 is 14.0 Å². The minimum absolute atomic E-state index is 0.229. The molecule has 0 N–H and O–H groups in total. The van der Waals surface area contributed by atoms with Crippen molar-refractivity contribution in [2.45, 2.75) is 39.5 Å². The Hall–Kier alpha value is -1.92. The summed E-state index contributed by atoms with van der Waals surface area (Å²) in [7, 11) is 0. The molecule has 124 valence electrons. The van der Waals surface area contributed by atoms with Crippen LogP contribution >= 0.6 is 0 Å². The second-order valence-corrected chi connectivity index (χ2v) is 5.92. The standard InChI is InChI=1S/C17H23N3O3/c1-4-21-15-7-5-14(6-8-15)17-18-16(23-19-17)11-20-9-12(2)22-13(3)10-20/h5-8,12-13H,4,9-11H2,1-3H3/t12-,13-/m0/s1. The average Bonchev–Trinajstić information content (AvgIpc) is 2.96. The van der Waals surface area contributed by atoms with E-state index in [1.165, 1.54) is 0 Å². The van der Waals surface area contributed by atoms with Gasteiger partial charge in [-0.1, -0.05) is 5.16 Å². The molecule has 0 saturated carbocycles. The molecule has 0 spiro atoms. The van der Waals surface area contributed by atoms with Gasteiger partial charge in [0.05, 0.1) is 25.4 Å². The molecule has 23 heavy (non-hydrogen) atoms. The van der Waals surface area contributed by atoms with Crippen LogP contribution in [-0.2, 0) is 11.3 Å². The molecule has 1 fully saturated rings. The van der Waals surface area contributed by atoms with E-state index in [1.807, 2.05) is 31.2 Å². The van der Waals surface area contributed by atoms with Crippen LogP contribution in [0, 0.1) is 0 Å². The number of ether oxygens (including phenoxy) is 2. The van der Waals surface area contributed by atoms with Gasteiger partial charge in [-0.25, -0.2) is 0 Å². The lowest BCUT2D eigenvalue weighted by atomic mass is 10.2. The molecule has 2 aromatic rings. The van der Waals surface area contributed by atoms with Crippen molar-refractivity contribution < 1.29 is 14.0 Å². The van der Waals surface area contributed by atoms with Crippen LogP contribution in [-0.4, -0.2) is 46.9 Å². The number of hydrogen-bond acceptors (Lipinski definition) is 6. The fourth-order valence-electron chi connectivity index (χ4n) is 2.91. The van der Waals surface area contributed by atoms with Crippen molar-refractivity contribution in [3.05, 3.63) is 30.2 Å². The van der Waals surface area contributed by atoms with Crippen LogP contribution in [0.25, 0.3) is 11.4 Å². The maximum Gasteiger partial charge on any atom is 0.241 e. The second kappa shape index (κ2) is 7.10.